The summed E-state index contributed by atoms with van der Waals surface area (Å²) in [5.41, 5.74) is 5.31. The molecule has 0 saturated heterocycles. The number of benzene rings is 1. The molecule has 0 fully saturated rings. The zero-order chi connectivity index (χ0) is 12.3. The van der Waals surface area contributed by atoms with E-state index in [4.69, 9.17) is 17.3 Å². The van der Waals surface area contributed by atoms with E-state index < -0.39 is 24.5 Å². The molecule has 0 aliphatic heterocycles. The molecule has 1 aromatic rings. The Labute approximate surface area is 95.2 Å². The van der Waals surface area contributed by atoms with Crippen LogP contribution in [0.15, 0.2) is 18.2 Å². The molecular formula is C10H10ClF4N. The first kappa shape index (κ1) is 13.3. The second kappa shape index (κ2) is 5.01. The molecular weight excluding hydrogens is 246 g/mol. The number of alkyl halides is 3. The molecule has 0 aliphatic rings. The quantitative estimate of drug-likeness (QED) is 0.824. The van der Waals surface area contributed by atoms with Crippen LogP contribution in [0.4, 0.5) is 17.6 Å². The number of nitrogens with two attached hydrogens (primary N) is 1. The Bertz CT molecular complexity index is 344. The lowest BCUT2D eigenvalue weighted by Crippen LogP contribution is -2.30. The fourth-order valence-corrected chi connectivity index (χ4v) is 1.60. The lowest BCUT2D eigenvalue weighted by atomic mass is 10.0. The molecule has 0 bridgehead atoms. The van der Waals surface area contributed by atoms with Gasteiger partial charge in [-0.25, -0.2) is 4.39 Å². The van der Waals surface area contributed by atoms with Gasteiger partial charge in [-0.05, 0) is 18.6 Å². The van der Waals surface area contributed by atoms with Gasteiger partial charge < -0.3 is 5.73 Å². The van der Waals surface area contributed by atoms with Gasteiger partial charge in [-0.2, -0.15) is 13.2 Å². The van der Waals surface area contributed by atoms with E-state index in [0.717, 1.165) is 6.07 Å². The Morgan fingerprint density at radius 3 is 2.44 bits per heavy atom. The maximum absolute atomic E-state index is 13.2. The second-order valence-electron chi connectivity index (χ2n) is 3.48. The van der Waals surface area contributed by atoms with Gasteiger partial charge in [0.25, 0.3) is 0 Å². The zero-order valence-corrected chi connectivity index (χ0v) is 8.95. The van der Waals surface area contributed by atoms with Gasteiger partial charge >= 0.3 is 6.18 Å². The van der Waals surface area contributed by atoms with Crippen LogP contribution in [0.2, 0.25) is 5.02 Å². The maximum atomic E-state index is 13.2. The molecule has 0 amide bonds. The van der Waals surface area contributed by atoms with Crippen molar-refractivity contribution in [1.82, 2.24) is 0 Å². The van der Waals surface area contributed by atoms with Crippen molar-refractivity contribution in [2.75, 3.05) is 0 Å². The van der Waals surface area contributed by atoms with Crippen molar-refractivity contribution in [3.63, 3.8) is 0 Å². The van der Waals surface area contributed by atoms with Gasteiger partial charge in [0.1, 0.15) is 5.82 Å². The predicted molar refractivity (Wildman–Crippen MR) is 53.8 cm³/mol. The van der Waals surface area contributed by atoms with E-state index in [9.17, 15) is 17.6 Å². The molecule has 0 aromatic heterocycles. The minimum absolute atomic E-state index is 0.0286. The van der Waals surface area contributed by atoms with Gasteiger partial charge in [-0.1, -0.05) is 17.7 Å². The molecule has 1 atom stereocenters. The van der Waals surface area contributed by atoms with Crippen molar-refractivity contribution >= 4 is 11.6 Å². The van der Waals surface area contributed by atoms with Crippen molar-refractivity contribution in [3.05, 3.63) is 34.6 Å². The van der Waals surface area contributed by atoms with E-state index in [1.54, 1.807) is 0 Å². The fourth-order valence-electron chi connectivity index (χ4n) is 1.36. The molecule has 16 heavy (non-hydrogen) atoms. The molecule has 2 N–H and O–H groups in total. The summed E-state index contributed by atoms with van der Waals surface area (Å²) in [4.78, 5) is 0. The number of rotatable bonds is 3. The van der Waals surface area contributed by atoms with Crippen LogP contribution in [0, 0.1) is 5.82 Å². The molecule has 1 rings (SSSR count). The molecule has 1 unspecified atom stereocenters. The first-order valence-corrected chi connectivity index (χ1v) is 4.92. The van der Waals surface area contributed by atoms with Crippen molar-refractivity contribution in [1.29, 1.82) is 0 Å². The van der Waals surface area contributed by atoms with Gasteiger partial charge in [-0.15, -0.1) is 0 Å². The van der Waals surface area contributed by atoms with Crippen LogP contribution in [0.3, 0.4) is 0 Å². The largest absolute Gasteiger partial charge is 0.390 e. The van der Waals surface area contributed by atoms with Crippen LogP contribution < -0.4 is 5.73 Å². The Kier molecular flexibility index (Phi) is 4.15. The van der Waals surface area contributed by atoms with Crippen LogP contribution in [-0.4, -0.2) is 12.2 Å². The standard InChI is InChI=1S/C10H10ClF4N/c11-8-2-1-3-9(12)7(8)4-6(16)5-10(13,14)15/h1-3,6H,4-5,16H2. The normalized spacial score (nSPS) is 13.9. The summed E-state index contributed by atoms with van der Waals surface area (Å²) in [6.45, 7) is 0. The van der Waals surface area contributed by atoms with Gasteiger partial charge in [0.05, 0.1) is 6.42 Å². The summed E-state index contributed by atoms with van der Waals surface area (Å²) < 4.78 is 49.2. The summed E-state index contributed by atoms with van der Waals surface area (Å²) in [7, 11) is 0. The van der Waals surface area contributed by atoms with E-state index >= 15 is 0 Å². The Hall–Kier alpha value is -0.810. The second-order valence-corrected chi connectivity index (χ2v) is 3.89. The summed E-state index contributed by atoms with van der Waals surface area (Å²) in [6.07, 6.45) is -5.74. The summed E-state index contributed by atoms with van der Waals surface area (Å²) in [5, 5.41) is 0.0950. The van der Waals surface area contributed by atoms with E-state index in [-0.39, 0.29) is 17.0 Å². The van der Waals surface area contributed by atoms with Crippen LogP contribution in [-0.2, 0) is 6.42 Å². The third kappa shape index (κ3) is 3.98. The first-order valence-electron chi connectivity index (χ1n) is 4.55. The highest BCUT2D eigenvalue weighted by Gasteiger charge is 2.30. The van der Waals surface area contributed by atoms with E-state index in [1.807, 2.05) is 0 Å². The highest BCUT2D eigenvalue weighted by molar-refractivity contribution is 6.31. The monoisotopic (exact) mass is 255 g/mol. The van der Waals surface area contributed by atoms with Crippen molar-refractivity contribution in [2.24, 2.45) is 5.73 Å². The highest BCUT2D eigenvalue weighted by Crippen LogP contribution is 2.25. The summed E-state index contributed by atoms with van der Waals surface area (Å²) in [6, 6.07) is 2.76. The molecule has 0 radical (unpaired) electrons. The minimum Gasteiger partial charge on any atom is -0.327 e. The minimum atomic E-state index is -4.35. The molecule has 0 saturated carbocycles. The molecule has 1 aromatic carbocycles. The predicted octanol–water partition coefficient (Wildman–Crippen LogP) is 3.30. The van der Waals surface area contributed by atoms with Crippen LogP contribution in [0.25, 0.3) is 0 Å². The molecule has 0 spiro atoms. The summed E-state index contributed by atoms with van der Waals surface area (Å²) in [5.74, 6) is -0.634. The molecule has 1 nitrogen and oxygen atoms in total. The van der Waals surface area contributed by atoms with Crippen LogP contribution >= 0.6 is 11.6 Å². The number of halogens is 5. The van der Waals surface area contributed by atoms with Gasteiger partial charge in [0.2, 0.25) is 0 Å². The zero-order valence-electron chi connectivity index (χ0n) is 8.19. The highest BCUT2D eigenvalue weighted by atomic mass is 35.5. The van der Waals surface area contributed by atoms with Crippen molar-refractivity contribution in [3.8, 4) is 0 Å². The Morgan fingerprint density at radius 1 is 1.31 bits per heavy atom. The number of hydrogen-bond acceptors (Lipinski definition) is 1. The van der Waals surface area contributed by atoms with E-state index in [2.05, 4.69) is 0 Å². The average Bonchev–Trinajstić information content (AvgIpc) is 2.08. The fraction of sp³-hybridized carbons (Fsp3) is 0.400. The van der Waals surface area contributed by atoms with Crippen LogP contribution in [0.5, 0.6) is 0 Å². The van der Waals surface area contributed by atoms with Gasteiger partial charge in [0.15, 0.2) is 0 Å². The SMILES string of the molecule is NC(Cc1c(F)cccc1Cl)CC(F)(F)F. The molecule has 0 heterocycles. The molecule has 0 aliphatic carbocycles. The van der Waals surface area contributed by atoms with E-state index in [0.29, 0.717) is 0 Å². The third-order valence-electron chi connectivity index (χ3n) is 2.02. The van der Waals surface area contributed by atoms with Crippen LogP contribution in [0.1, 0.15) is 12.0 Å². The first-order chi connectivity index (χ1) is 7.29. The maximum Gasteiger partial charge on any atom is 0.390 e. The smallest absolute Gasteiger partial charge is 0.327 e. The van der Waals surface area contributed by atoms with E-state index in [1.165, 1.54) is 12.1 Å². The van der Waals surface area contributed by atoms with Crippen molar-refractivity contribution < 1.29 is 17.6 Å². The lowest BCUT2D eigenvalue weighted by Gasteiger charge is -2.15. The number of hydrogen-bond donors (Lipinski definition) is 1. The third-order valence-corrected chi connectivity index (χ3v) is 2.38. The van der Waals surface area contributed by atoms with Crippen molar-refractivity contribution in [2.45, 2.75) is 25.1 Å². The van der Waals surface area contributed by atoms with Gasteiger partial charge in [0, 0.05) is 16.6 Å². The summed E-state index contributed by atoms with van der Waals surface area (Å²) >= 11 is 5.67. The van der Waals surface area contributed by atoms with Gasteiger partial charge in [-0.3, -0.25) is 0 Å². The lowest BCUT2D eigenvalue weighted by molar-refractivity contribution is -0.138. The molecule has 6 heteroatoms. The Morgan fingerprint density at radius 2 is 1.94 bits per heavy atom. The molecule has 90 valence electrons. The Balaban J connectivity index is 2.73. The topological polar surface area (TPSA) is 26.0 Å². The average molecular weight is 256 g/mol.